The number of pyridine rings is 1. The summed E-state index contributed by atoms with van der Waals surface area (Å²) in [7, 11) is -3.32. The number of hydrogen-bond donors (Lipinski definition) is 1. The first-order valence-electron chi connectivity index (χ1n) is 8.89. The molecule has 0 amide bonds. The van der Waals surface area contributed by atoms with Crippen LogP contribution in [0.2, 0.25) is 0 Å². The molecule has 1 N–H and O–H groups in total. The first-order valence-corrected chi connectivity index (χ1v) is 10.8. The molecule has 1 aliphatic heterocycles. The van der Waals surface area contributed by atoms with E-state index >= 15 is 0 Å². The van der Waals surface area contributed by atoms with Gasteiger partial charge in [0.1, 0.15) is 5.82 Å². The third-order valence-corrected chi connectivity index (χ3v) is 5.95. The Labute approximate surface area is 153 Å². The highest BCUT2D eigenvalue weighted by Crippen LogP contribution is 2.37. The van der Waals surface area contributed by atoms with E-state index in [9.17, 15) is 8.42 Å². The average molecular weight is 370 g/mol. The molecule has 3 aromatic rings. The minimum atomic E-state index is -3.32. The Balaban J connectivity index is 1.97. The lowest BCUT2D eigenvalue weighted by Gasteiger charge is -2.32. The van der Waals surface area contributed by atoms with E-state index < -0.39 is 9.84 Å². The van der Waals surface area contributed by atoms with E-state index in [4.69, 9.17) is 0 Å². The summed E-state index contributed by atoms with van der Waals surface area (Å²) in [6.45, 7) is 4.02. The average Bonchev–Trinajstić information content (AvgIpc) is 3.04. The number of nitrogens with zero attached hydrogens (tertiary/aromatic N) is 3. The molecule has 26 heavy (non-hydrogen) atoms. The maximum absolute atomic E-state index is 12.3. The molecule has 4 rings (SSSR count). The predicted molar refractivity (Wildman–Crippen MR) is 103 cm³/mol. The smallest absolute Gasteiger partial charge is 0.175 e. The van der Waals surface area contributed by atoms with Gasteiger partial charge in [0.15, 0.2) is 9.84 Å². The molecule has 0 saturated carbocycles. The molecule has 0 radical (unpaired) electrons. The highest BCUT2D eigenvalue weighted by atomic mass is 32.2. The second-order valence-corrected chi connectivity index (χ2v) is 8.83. The fourth-order valence-electron chi connectivity index (χ4n) is 3.65. The second-order valence-electron chi connectivity index (χ2n) is 6.81. The molecule has 0 aliphatic carbocycles. The van der Waals surface area contributed by atoms with Gasteiger partial charge in [-0.05, 0) is 43.0 Å². The zero-order valence-electron chi connectivity index (χ0n) is 15.0. The summed E-state index contributed by atoms with van der Waals surface area (Å²) in [4.78, 5) is 14.7. The minimum absolute atomic E-state index is 0.341. The number of aromatic amines is 1. The van der Waals surface area contributed by atoms with Crippen molar-refractivity contribution in [1.29, 1.82) is 0 Å². The van der Waals surface area contributed by atoms with Gasteiger partial charge in [0.25, 0.3) is 0 Å². The fraction of sp³-hybridized carbons (Fsp3) is 0.368. The summed E-state index contributed by atoms with van der Waals surface area (Å²) < 4.78 is 24.6. The lowest BCUT2D eigenvalue weighted by atomic mass is 9.95. The van der Waals surface area contributed by atoms with Gasteiger partial charge >= 0.3 is 0 Å². The molecule has 0 unspecified atom stereocenters. The van der Waals surface area contributed by atoms with E-state index in [0.29, 0.717) is 10.7 Å². The number of aromatic nitrogens is 3. The van der Waals surface area contributed by atoms with Crippen molar-refractivity contribution < 1.29 is 8.42 Å². The predicted octanol–water partition coefficient (Wildman–Crippen LogP) is 3.19. The largest absolute Gasteiger partial charge is 0.371 e. The first-order chi connectivity index (χ1) is 12.5. The Kier molecular flexibility index (Phi) is 4.19. The van der Waals surface area contributed by atoms with Crippen molar-refractivity contribution in [3.63, 3.8) is 0 Å². The summed E-state index contributed by atoms with van der Waals surface area (Å²) in [5.41, 5.74) is 4.75. The lowest BCUT2D eigenvalue weighted by Crippen LogP contribution is -2.30. The van der Waals surface area contributed by atoms with E-state index in [-0.39, 0.29) is 0 Å². The number of anilines is 1. The number of imidazole rings is 1. The molecule has 1 aromatic carbocycles. The van der Waals surface area contributed by atoms with Crippen molar-refractivity contribution in [3.8, 4) is 11.4 Å². The molecule has 2 aromatic heterocycles. The van der Waals surface area contributed by atoms with Crippen molar-refractivity contribution in [2.75, 3.05) is 24.2 Å². The molecule has 7 heteroatoms. The fourth-order valence-corrected chi connectivity index (χ4v) is 4.31. The molecule has 0 fully saturated rings. The molecular formula is C19H22N4O2S. The van der Waals surface area contributed by atoms with Crippen LogP contribution in [0.15, 0.2) is 35.5 Å². The summed E-state index contributed by atoms with van der Waals surface area (Å²) in [6, 6.07) is 5.44. The summed E-state index contributed by atoms with van der Waals surface area (Å²) in [5, 5.41) is 0. The van der Waals surface area contributed by atoms with Crippen LogP contribution >= 0.6 is 0 Å². The van der Waals surface area contributed by atoms with Crippen molar-refractivity contribution in [2.45, 2.75) is 31.1 Å². The monoisotopic (exact) mass is 370 g/mol. The standard InChI is InChI=1S/C19H22N4O2S/c1-3-8-23-9-4-5-14-15(10-13(11-18(14)23)26(2,24)25)19-21-16-6-7-20-12-17(16)22-19/h6-7,10-12H,3-5,8-9H2,1-2H3,(H,21,22). The van der Waals surface area contributed by atoms with Gasteiger partial charge < -0.3 is 9.88 Å². The molecule has 3 heterocycles. The number of nitrogens with one attached hydrogen (secondary N) is 1. The quantitative estimate of drug-likeness (QED) is 0.763. The van der Waals surface area contributed by atoms with Gasteiger partial charge in [0, 0.05) is 36.8 Å². The number of fused-ring (bicyclic) bond motifs is 2. The van der Waals surface area contributed by atoms with Crippen LogP contribution in [0.4, 0.5) is 5.69 Å². The maximum atomic E-state index is 12.3. The number of hydrogen-bond acceptors (Lipinski definition) is 5. The van der Waals surface area contributed by atoms with Crippen LogP contribution in [0.5, 0.6) is 0 Å². The third-order valence-electron chi connectivity index (χ3n) is 4.86. The van der Waals surface area contributed by atoms with E-state index in [0.717, 1.165) is 54.6 Å². The van der Waals surface area contributed by atoms with Gasteiger partial charge in [-0.2, -0.15) is 0 Å². The van der Waals surface area contributed by atoms with Gasteiger partial charge in [0.05, 0.1) is 22.1 Å². The number of rotatable bonds is 4. The van der Waals surface area contributed by atoms with Crippen molar-refractivity contribution >= 4 is 26.6 Å². The Morgan fingerprint density at radius 1 is 1.31 bits per heavy atom. The Bertz CT molecular complexity index is 1040. The molecule has 136 valence electrons. The molecule has 0 atom stereocenters. The Hall–Kier alpha value is -2.41. The summed E-state index contributed by atoms with van der Waals surface area (Å²) >= 11 is 0. The van der Waals surface area contributed by atoms with Crippen molar-refractivity contribution in [2.24, 2.45) is 0 Å². The molecular weight excluding hydrogens is 348 g/mol. The Morgan fingerprint density at radius 2 is 2.15 bits per heavy atom. The van der Waals surface area contributed by atoms with E-state index in [2.05, 4.69) is 26.8 Å². The lowest BCUT2D eigenvalue weighted by molar-refractivity contribution is 0.601. The molecule has 0 bridgehead atoms. The number of H-pyrrole nitrogens is 1. The zero-order valence-corrected chi connectivity index (χ0v) is 15.8. The van der Waals surface area contributed by atoms with Gasteiger partial charge in [-0.1, -0.05) is 6.92 Å². The van der Waals surface area contributed by atoms with Gasteiger partial charge in [-0.25, -0.2) is 13.4 Å². The van der Waals surface area contributed by atoms with Crippen LogP contribution in [0.1, 0.15) is 25.3 Å². The van der Waals surface area contributed by atoms with Crippen LogP contribution in [0, 0.1) is 0 Å². The number of sulfone groups is 1. The highest BCUT2D eigenvalue weighted by molar-refractivity contribution is 7.90. The SMILES string of the molecule is CCCN1CCCc2c(-c3nc4ccncc4[nH]3)cc(S(C)(=O)=O)cc21. The second kappa shape index (κ2) is 6.39. The highest BCUT2D eigenvalue weighted by Gasteiger charge is 2.24. The van der Waals surface area contributed by atoms with Crippen molar-refractivity contribution in [1.82, 2.24) is 15.0 Å². The van der Waals surface area contributed by atoms with E-state index in [1.807, 2.05) is 12.1 Å². The number of benzene rings is 1. The summed E-state index contributed by atoms with van der Waals surface area (Å²) in [6.07, 6.45) is 7.70. The van der Waals surface area contributed by atoms with Gasteiger partial charge in [0.2, 0.25) is 0 Å². The molecule has 6 nitrogen and oxygen atoms in total. The minimum Gasteiger partial charge on any atom is -0.371 e. The van der Waals surface area contributed by atoms with E-state index in [1.54, 1.807) is 18.5 Å². The molecule has 0 spiro atoms. The molecule has 1 aliphatic rings. The molecule has 0 saturated heterocycles. The maximum Gasteiger partial charge on any atom is 0.175 e. The van der Waals surface area contributed by atoms with Crippen LogP contribution in [0.3, 0.4) is 0 Å². The van der Waals surface area contributed by atoms with Crippen LogP contribution in [-0.2, 0) is 16.3 Å². The summed E-state index contributed by atoms with van der Waals surface area (Å²) in [5.74, 6) is 0.702. The van der Waals surface area contributed by atoms with Crippen LogP contribution in [0.25, 0.3) is 22.4 Å². The van der Waals surface area contributed by atoms with Crippen LogP contribution < -0.4 is 4.90 Å². The topological polar surface area (TPSA) is 79.0 Å². The van der Waals surface area contributed by atoms with Gasteiger partial charge in [-0.3, -0.25) is 4.98 Å². The third kappa shape index (κ3) is 2.96. The van der Waals surface area contributed by atoms with Crippen molar-refractivity contribution in [3.05, 3.63) is 36.2 Å². The van der Waals surface area contributed by atoms with Gasteiger partial charge in [-0.15, -0.1) is 0 Å². The Morgan fingerprint density at radius 3 is 2.88 bits per heavy atom. The van der Waals surface area contributed by atoms with E-state index in [1.165, 1.54) is 11.8 Å². The van der Waals surface area contributed by atoms with Crippen LogP contribution in [-0.4, -0.2) is 42.7 Å². The zero-order chi connectivity index (χ0) is 18.3. The normalized spacial score (nSPS) is 14.6. The first kappa shape index (κ1) is 17.0.